The van der Waals surface area contributed by atoms with Crippen molar-refractivity contribution < 1.29 is 170 Å². The molecule has 0 aliphatic heterocycles. The Morgan fingerprint density at radius 1 is 0.487 bits per heavy atom. The van der Waals surface area contributed by atoms with Crippen molar-refractivity contribution in [2.45, 2.75) is 115 Å². The van der Waals surface area contributed by atoms with E-state index >= 15 is 0 Å². The fourth-order valence-corrected chi connectivity index (χ4v) is 6.38. The predicted octanol–water partition coefficient (Wildman–Crippen LogP) is 3.17. The first-order valence-electron chi connectivity index (χ1n) is 21.2. The van der Waals surface area contributed by atoms with Gasteiger partial charge < -0.3 is 87.1 Å². The van der Waals surface area contributed by atoms with E-state index in [4.69, 9.17) is 58.7 Å². The van der Waals surface area contributed by atoms with Gasteiger partial charge in [-0.25, -0.2) is 37.0 Å². The van der Waals surface area contributed by atoms with Crippen molar-refractivity contribution in [1.29, 1.82) is 0 Å². The summed E-state index contributed by atoms with van der Waals surface area (Å²) in [5, 5.41) is 0. The van der Waals surface area contributed by atoms with Crippen molar-refractivity contribution in [1.82, 2.24) is 0 Å². The molecule has 0 bridgehead atoms. The molecular weight excluding hydrogens is 1220 g/mol. The Balaban J connectivity index is -0.000000129. The summed E-state index contributed by atoms with van der Waals surface area (Å²) < 4.78 is 113. The largest absolute Gasteiger partial charge is 0.469 e. The molecule has 0 aromatic rings. The third-order valence-corrected chi connectivity index (χ3v) is 10.1. The monoisotopic (exact) mass is 1300 g/mol. The number of hydrogen-bond acceptors (Lipinski definition) is 24. The number of carbonyl (C=O) groups excluding carboxylic acids is 6. The Bertz CT molecular complexity index is 2110. The normalized spacial score (nSPS) is 12.8. The number of phosphoric ester groups is 6. The Hall–Kier alpha value is -3.04. The van der Waals surface area contributed by atoms with Crippen LogP contribution in [0.15, 0.2) is 24.3 Å². The van der Waals surface area contributed by atoms with Gasteiger partial charge in [-0.1, -0.05) is 28.0 Å². The number of esters is 6. The fraction of sp³-hybridized carbons (Fsp3) is 0.737. The second-order valence-electron chi connectivity index (χ2n) is 15.3. The molecule has 480 valence electrons. The van der Waals surface area contributed by atoms with Gasteiger partial charge in [-0.15, -0.1) is 0 Å². The van der Waals surface area contributed by atoms with Gasteiger partial charge in [0.15, 0.2) is 0 Å². The summed E-state index contributed by atoms with van der Waals surface area (Å²) in [7, 11) is -23.4. The zero-order valence-electron chi connectivity index (χ0n) is 44.4. The van der Waals surface area contributed by atoms with Crippen LogP contribution in [-0.2, 0) is 112 Å². The molecular formula is C38H82O36P6. The average Bonchev–Trinajstić information content (AvgIpc) is 3.24. The highest BCUT2D eigenvalue weighted by Crippen LogP contribution is 2.40. The number of carbonyl (C=O) groups is 6. The molecule has 0 aromatic carbocycles. The lowest BCUT2D eigenvalue weighted by Crippen LogP contribution is -2.30. The molecule has 0 heterocycles. The van der Waals surface area contributed by atoms with Crippen LogP contribution in [0.25, 0.3) is 0 Å². The van der Waals surface area contributed by atoms with E-state index in [2.05, 4.69) is 68.7 Å². The molecule has 4 atom stereocenters. The highest BCUT2D eigenvalue weighted by atomic mass is 31.2. The summed E-state index contributed by atoms with van der Waals surface area (Å²) in [6.07, 6.45) is -2.68. The summed E-state index contributed by atoms with van der Waals surface area (Å²) >= 11 is 0. The lowest BCUT2D eigenvalue weighted by atomic mass is 9.95. The van der Waals surface area contributed by atoms with Crippen molar-refractivity contribution in [3.05, 3.63) is 24.3 Å². The smallest absolute Gasteiger partial charge is 0.469 e. The molecule has 0 fully saturated rings. The van der Waals surface area contributed by atoms with E-state index in [1.807, 2.05) is 0 Å². The minimum atomic E-state index is -4.52. The van der Waals surface area contributed by atoms with Gasteiger partial charge in [0.1, 0.15) is 12.7 Å². The van der Waals surface area contributed by atoms with Gasteiger partial charge in [-0.2, -0.15) is 0 Å². The second-order valence-corrected chi connectivity index (χ2v) is 22.6. The molecule has 0 aliphatic carbocycles. The van der Waals surface area contributed by atoms with Gasteiger partial charge in [0.05, 0.1) is 90.7 Å². The summed E-state index contributed by atoms with van der Waals surface area (Å²) in [6, 6.07) is 0. The zero-order chi connectivity index (χ0) is 63.3. The first-order chi connectivity index (χ1) is 34.8. The van der Waals surface area contributed by atoms with Crippen LogP contribution in [-0.4, -0.2) is 174 Å². The zero-order valence-corrected chi connectivity index (χ0v) is 49.8. The van der Waals surface area contributed by atoms with E-state index in [1.54, 1.807) is 6.92 Å². The van der Waals surface area contributed by atoms with Gasteiger partial charge in [0, 0.05) is 17.6 Å². The van der Waals surface area contributed by atoms with Crippen molar-refractivity contribution in [2.24, 2.45) is 11.3 Å². The Labute approximate surface area is 463 Å². The molecule has 0 saturated heterocycles. The van der Waals surface area contributed by atoms with Crippen molar-refractivity contribution in [2.75, 3.05) is 61.0 Å². The third-order valence-electron chi connectivity index (χ3n) is 6.75. The lowest BCUT2D eigenvalue weighted by Gasteiger charge is -2.20. The summed E-state index contributed by atoms with van der Waals surface area (Å²) in [5.41, 5.74) is -0.565. The van der Waals surface area contributed by atoms with Crippen molar-refractivity contribution >= 4 is 82.8 Å². The standard InChI is InChI=1S/2C7H13O6P.2C6H13O6P.2C5H11O6P.2CH4/c1-5(2)7(8)12-4-6(3)13-14(9,10)11;1-6(2)7(8)12-4-3-5-13-14(9,10)11;1-6(2,5(7)11-3)4-12-13(8,9)10;1-3-11-6(7)4-5(2)12-13(8,9)10;1-4(5(6)10-2)3-11-12(7,8)9;1-4(3-5(6)10-2)11-12(7,8)9;;/h6H,1,4H2,2-3H3,(H2,9,10,11);1,3-5H2,2H3,(H2,9,10,11);4H2,1-3H3,(H2,8,9,10);5H,3-4H2,1-2H3,(H2,8,9,10);2*4H,3H2,1-2H3,(H2,7,8,9);2*1H4. The molecule has 36 nitrogen and oxygen atoms in total. The first kappa shape index (κ1) is 93.4. The van der Waals surface area contributed by atoms with Gasteiger partial charge in [-0.05, 0) is 62.3 Å². The lowest BCUT2D eigenvalue weighted by molar-refractivity contribution is -0.152. The van der Waals surface area contributed by atoms with Crippen molar-refractivity contribution in [3.8, 4) is 0 Å². The van der Waals surface area contributed by atoms with Crippen LogP contribution < -0.4 is 0 Å². The molecule has 12 N–H and O–H groups in total. The van der Waals surface area contributed by atoms with Gasteiger partial charge in [0.25, 0.3) is 0 Å². The Morgan fingerprint density at radius 3 is 1.19 bits per heavy atom. The number of phosphoric acid groups is 6. The number of hydrogen-bond donors (Lipinski definition) is 12. The number of methoxy groups -OCH3 is 3. The van der Waals surface area contributed by atoms with E-state index < -0.39 is 112 Å². The maximum absolute atomic E-state index is 11.0. The van der Waals surface area contributed by atoms with E-state index in [0.717, 1.165) is 0 Å². The maximum Gasteiger partial charge on any atom is 0.469 e. The Morgan fingerprint density at radius 2 is 0.863 bits per heavy atom. The topological polar surface area (TPSA) is 558 Å². The molecule has 0 rings (SSSR count). The van der Waals surface area contributed by atoms with Crippen LogP contribution >= 0.6 is 46.9 Å². The molecule has 0 aromatic heterocycles. The van der Waals surface area contributed by atoms with E-state index in [-0.39, 0.29) is 84.9 Å². The molecule has 0 amide bonds. The minimum absolute atomic E-state index is 0. The van der Waals surface area contributed by atoms with Crippen LogP contribution in [0, 0.1) is 11.3 Å². The SMILES string of the molecule is C.C.C=C(C)C(=O)OCC(C)OP(=O)(O)O.C=C(C)C(=O)OCCCOP(=O)(O)O.CCOC(=O)CC(C)OP(=O)(O)O.COC(=O)C(C)(C)COP(=O)(O)O.COC(=O)C(C)COP(=O)(O)O.COC(=O)CC(C)OP(=O)(O)O. The maximum atomic E-state index is 11.0. The molecule has 42 heteroatoms. The second kappa shape index (κ2) is 46.4. The van der Waals surface area contributed by atoms with E-state index in [1.165, 1.54) is 76.7 Å². The molecule has 0 spiro atoms. The van der Waals surface area contributed by atoms with Crippen LogP contribution in [0.4, 0.5) is 0 Å². The minimum Gasteiger partial charge on any atom is -0.469 e. The first-order valence-corrected chi connectivity index (χ1v) is 30.3. The third kappa shape index (κ3) is 75.0. The summed E-state index contributed by atoms with van der Waals surface area (Å²) in [6.45, 7) is 19.0. The van der Waals surface area contributed by atoms with E-state index in [0.29, 0.717) is 0 Å². The number of rotatable bonds is 28. The summed E-state index contributed by atoms with van der Waals surface area (Å²) in [5.74, 6) is -4.08. The predicted molar refractivity (Wildman–Crippen MR) is 276 cm³/mol. The van der Waals surface area contributed by atoms with Crippen LogP contribution in [0.3, 0.4) is 0 Å². The van der Waals surface area contributed by atoms with Crippen LogP contribution in [0.1, 0.15) is 96.4 Å². The van der Waals surface area contributed by atoms with E-state index in [9.17, 15) is 56.2 Å². The Kier molecular flexibility index (Phi) is 54.1. The highest BCUT2D eigenvalue weighted by Gasteiger charge is 2.32. The van der Waals surface area contributed by atoms with Gasteiger partial charge >= 0.3 is 82.8 Å². The molecule has 80 heavy (non-hydrogen) atoms. The summed E-state index contributed by atoms with van der Waals surface area (Å²) in [4.78, 5) is 165. The molecule has 0 saturated carbocycles. The van der Waals surface area contributed by atoms with Crippen LogP contribution in [0.5, 0.6) is 0 Å². The fourth-order valence-electron chi connectivity index (χ4n) is 3.49. The molecule has 0 aliphatic rings. The molecule has 4 unspecified atom stereocenters. The molecule has 0 radical (unpaired) electrons. The highest BCUT2D eigenvalue weighted by molar-refractivity contribution is 7.47. The average molecular weight is 1300 g/mol. The van der Waals surface area contributed by atoms with Gasteiger partial charge in [0.2, 0.25) is 0 Å². The van der Waals surface area contributed by atoms with Gasteiger partial charge in [-0.3, -0.25) is 46.3 Å². The van der Waals surface area contributed by atoms with Crippen molar-refractivity contribution in [3.63, 3.8) is 0 Å². The quantitative estimate of drug-likeness (QED) is 0.0176. The van der Waals surface area contributed by atoms with Crippen LogP contribution in [0.2, 0.25) is 0 Å². The number of ether oxygens (including phenoxy) is 6.